The number of benzene rings is 2. The number of sulfonamides is 1. The standard InChI is InChI=1S/C21H25N3O3S/c1-16(23-24-28(26,27)20-10-6-3-7-11-20)17-12-14-19(15-13-17)22-21(25)18-8-4-2-5-9-18/h3,6-7,10-15,18,24H,2,4-5,8-9H2,1H3,(H,22,25). The summed E-state index contributed by atoms with van der Waals surface area (Å²) in [4.78, 5) is 14.7. The van der Waals surface area contributed by atoms with E-state index >= 15 is 0 Å². The van der Waals surface area contributed by atoms with Gasteiger partial charge in [0.25, 0.3) is 10.0 Å². The largest absolute Gasteiger partial charge is 0.326 e. The summed E-state index contributed by atoms with van der Waals surface area (Å²) in [5.74, 6) is 0.178. The van der Waals surface area contributed by atoms with Gasteiger partial charge in [-0.3, -0.25) is 4.79 Å². The summed E-state index contributed by atoms with van der Waals surface area (Å²) in [5.41, 5.74) is 2.04. The molecule has 0 bridgehead atoms. The van der Waals surface area contributed by atoms with Gasteiger partial charge in [-0.15, -0.1) is 0 Å². The van der Waals surface area contributed by atoms with Crippen molar-refractivity contribution in [3.05, 3.63) is 60.2 Å². The Bertz CT molecular complexity index is 933. The number of nitrogens with zero attached hydrogens (tertiary/aromatic N) is 1. The number of rotatable bonds is 6. The molecule has 1 aliphatic rings. The predicted molar refractivity (Wildman–Crippen MR) is 111 cm³/mol. The van der Waals surface area contributed by atoms with Gasteiger partial charge in [-0.05, 0) is 49.6 Å². The van der Waals surface area contributed by atoms with Crippen molar-refractivity contribution in [2.45, 2.75) is 43.9 Å². The average Bonchev–Trinajstić information content (AvgIpc) is 2.74. The topological polar surface area (TPSA) is 87.6 Å². The first-order chi connectivity index (χ1) is 13.5. The molecule has 0 unspecified atom stereocenters. The molecule has 1 saturated carbocycles. The fourth-order valence-electron chi connectivity index (χ4n) is 3.25. The average molecular weight is 400 g/mol. The summed E-state index contributed by atoms with van der Waals surface area (Å²) in [6.07, 6.45) is 5.36. The molecule has 2 aromatic carbocycles. The Morgan fingerprint density at radius 2 is 1.61 bits per heavy atom. The molecule has 1 fully saturated rings. The van der Waals surface area contributed by atoms with Crippen molar-refractivity contribution in [3.8, 4) is 0 Å². The quantitative estimate of drug-likeness (QED) is 0.570. The second-order valence-corrected chi connectivity index (χ2v) is 8.67. The lowest BCUT2D eigenvalue weighted by Gasteiger charge is -2.20. The van der Waals surface area contributed by atoms with Gasteiger partial charge >= 0.3 is 0 Å². The molecule has 2 N–H and O–H groups in total. The molecule has 148 valence electrons. The van der Waals surface area contributed by atoms with Crippen molar-refractivity contribution in [2.24, 2.45) is 11.0 Å². The highest BCUT2D eigenvalue weighted by Gasteiger charge is 2.21. The van der Waals surface area contributed by atoms with Crippen LogP contribution in [0.15, 0.2) is 64.6 Å². The number of hydrogen-bond acceptors (Lipinski definition) is 4. The molecule has 28 heavy (non-hydrogen) atoms. The van der Waals surface area contributed by atoms with Crippen molar-refractivity contribution in [2.75, 3.05) is 5.32 Å². The predicted octanol–water partition coefficient (Wildman–Crippen LogP) is 3.91. The summed E-state index contributed by atoms with van der Waals surface area (Å²) in [7, 11) is -3.69. The summed E-state index contributed by atoms with van der Waals surface area (Å²) >= 11 is 0. The van der Waals surface area contributed by atoms with Crippen LogP contribution in [0.25, 0.3) is 0 Å². The van der Waals surface area contributed by atoms with Gasteiger partial charge in [0.1, 0.15) is 0 Å². The van der Waals surface area contributed by atoms with Crippen molar-refractivity contribution in [3.63, 3.8) is 0 Å². The summed E-state index contributed by atoms with van der Waals surface area (Å²) in [6.45, 7) is 1.73. The van der Waals surface area contributed by atoms with E-state index in [-0.39, 0.29) is 16.7 Å². The van der Waals surface area contributed by atoms with Crippen molar-refractivity contribution in [1.82, 2.24) is 4.83 Å². The fourth-order valence-corrected chi connectivity index (χ4v) is 4.13. The van der Waals surface area contributed by atoms with Gasteiger partial charge in [0.15, 0.2) is 0 Å². The van der Waals surface area contributed by atoms with E-state index in [0.717, 1.165) is 36.9 Å². The van der Waals surface area contributed by atoms with Crippen LogP contribution in [0, 0.1) is 5.92 Å². The van der Waals surface area contributed by atoms with Gasteiger partial charge in [0.2, 0.25) is 5.91 Å². The highest BCUT2D eigenvalue weighted by atomic mass is 32.2. The van der Waals surface area contributed by atoms with E-state index in [0.29, 0.717) is 5.71 Å². The van der Waals surface area contributed by atoms with E-state index in [9.17, 15) is 13.2 Å². The first kappa shape index (κ1) is 20.1. The van der Waals surface area contributed by atoms with Crippen molar-refractivity contribution < 1.29 is 13.2 Å². The zero-order valence-corrected chi connectivity index (χ0v) is 16.7. The number of carbonyl (C=O) groups is 1. The molecule has 1 aliphatic carbocycles. The van der Waals surface area contributed by atoms with E-state index < -0.39 is 10.0 Å². The Morgan fingerprint density at radius 3 is 2.25 bits per heavy atom. The molecule has 3 rings (SSSR count). The number of hydrogen-bond donors (Lipinski definition) is 2. The molecule has 0 atom stereocenters. The minimum Gasteiger partial charge on any atom is -0.326 e. The van der Waals surface area contributed by atoms with E-state index in [1.54, 1.807) is 37.3 Å². The van der Waals surface area contributed by atoms with Crippen LogP contribution in [-0.4, -0.2) is 20.0 Å². The molecule has 0 saturated heterocycles. The first-order valence-corrected chi connectivity index (χ1v) is 11.0. The van der Waals surface area contributed by atoms with Crippen LogP contribution in [0.3, 0.4) is 0 Å². The van der Waals surface area contributed by atoms with Gasteiger partial charge in [-0.1, -0.05) is 49.6 Å². The minimum atomic E-state index is -3.69. The van der Waals surface area contributed by atoms with Gasteiger partial charge in [-0.25, -0.2) is 0 Å². The van der Waals surface area contributed by atoms with Gasteiger partial charge < -0.3 is 5.32 Å². The van der Waals surface area contributed by atoms with E-state index in [1.807, 2.05) is 12.1 Å². The van der Waals surface area contributed by atoms with E-state index in [1.165, 1.54) is 18.6 Å². The first-order valence-electron chi connectivity index (χ1n) is 9.48. The Balaban J connectivity index is 1.62. The maximum Gasteiger partial charge on any atom is 0.276 e. The maximum absolute atomic E-state index is 12.3. The number of amides is 1. The maximum atomic E-state index is 12.3. The van der Waals surface area contributed by atoms with E-state index in [4.69, 9.17) is 0 Å². The lowest BCUT2D eigenvalue weighted by Crippen LogP contribution is -2.24. The molecule has 0 heterocycles. The smallest absolute Gasteiger partial charge is 0.276 e. The highest BCUT2D eigenvalue weighted by molar-refractivity contribution is 7.89. The molecule has 0 aliphatic heterocycles. The molecule has 7 heteroatoms. The molecule has 2 aromatic rings. The van der Waals surface area contributed by atoms with E-state index in [2.05, 4.69) is 15.2 Å². The molecular formula is C21H25N3O3S. The van der Waals surface area contributed by atoms with Crippen LogP contribution in [0.4, 0.5) is 5.69 Å². The number of nitrogens with one attached hydrogen (secondary N) is 2. The number of carbonyl (C=O) groups excluding carboxylic acids is 1. The lowest BCUT2D eigenvalue weighted by atomic mass is 9.88. The molecule has 6 nitrogen and oxygen atoms in total. The molecule has 0 radical (unpaired) electrons. The van der Waals surface area contributed by atoms with Gasteiger partial charge in [0, 0.05) is 11.6 Å². The summed E-state index contributed by atoms with van der Waals surface area (Å²) in [6, 6.07) is 15.3. The lowest BCUT2D eigenvalue weighted by molar-refractivity contribution is -0.120. The third-order valence-corrected chi connectivity index (χ3v) is 6.16. The highest BCUT2D eigenvalue weighted by Crippen LogP contribution is 2.25. The molecular weight excluding hydrogens is 374 g/mol. The molecule has 1 amide bonds. The van der Waals surface area contributed by atoms with Crippen LogP contribution < -0.4 is 10.1 Å². The zero-order valence-electron chi connectivity index (χ0n) is 15.9. The minimum absolute atomic E-state index is 0.0773. The SMILES string of the molecule is CC(=NNS(=O)(=O)c1ccccc1)c1ccc(NC(=O)C2CCCCC2)cc1. The second kappa shape index (κ2) is 9.01. The second-order valence-electron chi connectivity index (χ2n) is 7.01. The van der Waals surface area contributed by atoms with Crippen LogP contribution in [0.5, 0.6) is 0 Å². The summed E-state index contributed by atoms with van der Waals surface area (Å²) in [5, 5.41) is 6.96. The Morgan fingerprint density at radius 1 is 0.964 bits per heavy atom. The van der Waals surface area contributed by atoms with Gasteiger partial charge in [-0.2, -0.15) is 18.4 Å². The van der Waals surface area contributed by atoms with Crippen LogP contribution in [0.2, 0.25) is 0 Å². The third kappa shape index (κ3) is 5.19. The molecule has 0 spiro atoms. The fraction of sp³-hybridized carbons (Fsp3) is 0.333. The Hall–Kier alpha value is -2.67. The molecule has 0 aromatic heterocycles. The number of anilines is 1. The van der Waals surface area contributed by atoms with Crippen LogP contribution in [-0.2, 0) is 14.8 Å². The monoisotopic (exact) mass is 399 g/mol. The Kier molecular flexibility index (Phi) is 6.46. The number of hydrazone groups is 1. The van der Waals surface area contributed by atoms with Crippen molar-refractivity contribution >= 4 is 27.3 Å². The Labute approximate surface area is 166 Å². The van der Waals surface area contributed by atoms with Gasteiger partial charge in [0.05, 0.1) is 10.6 Å². The van der Waals surface area contributed by atoms with Crippen LogP contribution in [0.1, 0.15) is 44.6 Å². The van der Waals surface area contributed by atoms with Crippen molar-refractivity contribution in [1.29, 1.82) is 0 Å². The summed E-state index contributed by atoms with van der Waals surface area (Å²) < 4.78 is 24.5. The van der Waals surface area contributed by atoms with Crippen LogP contribution >= 0.6 is 0 Å². The zero-order chi connectivity index (χ0) is 20.0. The third-order valence-electron chi connectivity index (χ3n) is 4.93. The normalized spacial score (nSPS) is 15.8.